The van der Waals surface area contributed by atoms with E-state index in [1.807, 2.05) is 48.2 Å². The fourth-order valence-electron chi connectivity index (χ4n) is 2.19. The van der Waals surface area contributed by atoms with Crippen molar-refractivity contribution in [3.8, 4) is 0 Å². The van der Waals surface area contributed by atoms with Gasteiger partial charge in [0.1, 0.15) is 0 Å². The maximum atomic E-state index is 12.3. The fourth-order valence-corrected chi connectivity index (χ4v) is 2.52. The number of benzene rings is 1. The van der Waals surface area contributed by atoms with E-state index in [4.69, 9.17) is 11.6 Å². The van der Waals surface area contributed by atoms with Gasteiger partial charge in [-0.3, -0.25) is 4.79 Å². The Bertz CT molecular complexity index is 416. The molecule has 1 aliphatic heterocycles. The predicted molar refractivity (Wildman–Crippen MR) is 75.5 cm³/mol. The van der Waals surface area contributed by atoms with Crippen LogP contribution in [0.5, 0.6) is 0 Å². The average Bonchev–Trinajstić information content (AvgIpc) is 2.38. The molecular formula is C14H19ClN2O. The molecule has 1 aliphatic rings. The second kappa shape index (κ2) is 5.61. The zero-order valence-electron chi connectivity index (χ0n) is 10.9. The highest BCUT2D eigenvalue weighted by Gasteiger charge is 2.22. The molecule has 1 unspecified atom stereocenters. The van der Waals surface area contributed by atoms with Crippen molar-refractivity contribution in [3.05, 3.63) is 29.8 Å². The van der Waals surface area contributed by atoms with E-state index < -0.39 is 0 Å². The van der Waals surface area contributed by atoms with E-state index in [2.05, 4.69) is 0 Å². The molecule has 1 aromatic carbocycles. The molecule has 3 nitrogen and oxygen atoms in total. The fraction of sp³-hybridized carbons (Fsp3) is 0.500. The number of anilines is 1. The second-order valence-corrected chi connectivity index (χ2v) is 5.55. The van der Waals surface area contributed by atoms with Gasteiger partial charge in [-0.05, 0) is 37.1 Å². The van der Waals surface area contributed by atoms with E-state index in [-0.39, 0.29) is 11.3 Å². The number of carbonyl (C=O) groups excluding carboxylic acids is 1. The largest absolute Gasteiger partial charge is 0.378 e. The summed E-state index contributed by atoms with van der Waals surface area (Å²) in [5.74, 6) is 0.0886. The van der Waals surface area contributed by atoms with Crippen LogP contribution in [0.15, 0.2) is 24.3 Å². The standard InChI is InChI=1S/C14H19ClN2O/c1-16(2)13-7-5-11(6-8-13)14(18)17-9-3-4-12(15)10-17/h5-8,12H,3-4,9-10H2,1-2H3. The van der Waals surface area contributed by atoms with Gasteiger partial charge in [-0.2, -0.15) is 0 Å². The van der Waals surface area contributed by atoms with E-state index in [0.29, 0.717) is 6.54 Å². The van der Waals surface area contributed by atoms with E-state index >= 15 is 0 Å². The number of halogens is 1. The monoisotopic (exact) mass is 266 g/mol. The third kappa shape index (κ3) is 2.96. The number of alkyl halides is 1. The summed E-state index contributed by atoms with van der Waals surface area (Å²) >= 11 is 6.11. The van der Waals surface area contributed by atoms with Crippen molar-refractivity contribution in [3.63, 3.8) is 0 Å². The maximum absolute atomic E-state index is 12.3. The highest BCUT2D eigenvalue weighted by Crippen LogP contribution is 2.19. The molecule has 0 aliphatic carbocycles. The molecule has 1 atom stereocenters. The van der Waals surface area contributed by atoms with E-state index in [1.54, 1.807) is 0 Å². The van der Waals surface area contributed by atoms with Crippen LogP contribution < -0.4 is 4.90 Å². The average molecular weight is 267 g/mol. The molecule has 0 aromatic heterocycles. The van der Waals surface area contributed by atoms with Crippen LogP contribution in [0.3, 0.4) is 0 Å². The van der Waals surface area contributed by atoms with Crippen LogP contribution in [-0.2, 0) is 0 Å². The Kier molecular flexibility index (Phi) is 4.12. The Morgan fingerprint density at radius 2 is 2.00 bits per heavy atom. The first-order valence-electron chi connectivity index (χ1n) is 6.28. The summed E-state index contributed by atoms with van der Waals surface area (Å²) in [7, 11) is 3.97. The van der Waals surface area contributed by atoms with Crippen molar-refractivity contribution in [2.75, 3.05) is 32.1 Å². The Morgan fingerprint density at radius 3 is 2.56 bits per heavy atom. The van der Waals surface area contributed by atoms with Gasteiger partial charge in [-0.1, -0.05) is 0 Å². The molecule has 4 heteroatoms. The molecule has 2 rings (SSSR count). The van der Waals surface area contributed by atoms with E-state index in [0.717, 1.165) is 30.6 Å². The smallest absolute Gasteiger partial charge is 0.253 e. The number of carbonyl (C=O) groups is 1. The molecule has 0 radical (unpaired) electrons. The molecule has 0 saturated carbocycles. The van der Waals surface area contributed by atoms with E-state index in [9.17, 15) is 4.79 Å². The lowest BCUT2D eigenvalue weighted by atomic mass is 10.1. The number of hydrogen-bond acceptors (Lipinski definition) is 2. The molecule has 1 saturated heterocycles. The molecule has 0 N–H and O–H groups in total. The van der Waals surface area contributed by atoms with Crippen LogP contribution in [0.4, 0.5) is 5.69 Å². The Hall–Kier alpha value is -1.22. The van der Waals surface area contributed by atoms with Crippen LogP contribution in [-0.4, -0.2) is 43.4 Å². The maximum Gasteiger partial charge on any atom is 0.253 e. The molecule has 1 aromatic rings. The van der Waals surface area contributed by atoms with Gasteiger partial charge in [0.15, 0.2) is 0 Å². The number of hydrogen-bond donors (Lipinski definition) is 0. The van der Waals surface area contributed by atoms with E-state index in [1.165, 1.54) is 0 Å². The Balaban J connectivity index is 2.08. The van der Waals surface area contributed by atoms with Crippen molar-refractivity contribution in [2.45, 2.75) is 18.2 Å². The lowest BCUT2D eigenvalue weighted by Gasteiger charge is -2.30. The second-order valence-electron chi connectivity index (χ2n) is 4.93. The zero-order valence-corrected chi connectivity index (χ0v) is 11.7. The van der Waals surface area contributed by atoms with Gasteiger partial charge in [-0.25, -0.2) is 0 Å². The normalized spacial score (nSPS) is 19.7. The predicted octanol–water partition coefficient (Wildman–Crippen LogP) is 2.60. The van der Waals surface area contributed by atoms with Gasteiger partial charge in [0.25, 0.3) is 5.91 Å². The van der Waals surface area contributed by atoms with Gasteiger partial charge in [0.05, 0.1) is 5.38 Å². The van der Waals surface area contributed by atoms with Crippen LogP contribution in [0, 0.1) is 0 Å². The summed E-state index contributed by atoms with van der Waals surface area (Å²) in [6.07, 6.45) is 2.00. The van der Waals surface area contributed by atoms with Crippen molar-refractivity contribution >= 4 is 23.2 Å². The topological polar surface area (TPSA) is 23.6 Å². The third-order valence-electron chi connectivity index (χ3n) is 3.28. The molecule has 98 valence electrons. The highest BCUT2D eigenvalue weighted by molar-refractivity contribution is 6.21. The number of amides is 1. The molecule has 1 fully saturated rings. The first-order chi connectivity index (χ1) is 8.58. The first-order valence-corrected chi connectivity index (χ1v) is 6.72. The zero-order chi connectivity index (χ0) is 13.1. The Labute approximate surface area is 113 Å². The van der Waals surface area contributed by atoms with Gasteiger partial charge >= 0.3 is 0 Å². The Morgan fingerprint density at radius 1 is 1.33 bits per heavy atom. The van der Waals surface area contributed by atoms with Crippen molar-refractivity contribution in [1.29, 1.82) is 0 Å². The van der Waals surface area contributed by atoms with Crippen LogP contribution in [0.2, 0.25) is 0 Å². The van der Waals surface area contributed by atoms with Gasteiger partial charge < -0.3 is 9.80 Å². The highest BCUT2D eigenvalue weighted by atomic mass is 35.5. The summed E-state index contributed by atoms with van der Waals surface area (Å²) in [6, 6.07) is 7.70. The SMILES string of the molecule is CN(C)c1ccc(C(=O)N2CCCC(Cl)C2)cc1. The van der Waals surface area contributed by atoms with Crippen molar-refractivity contribution < 1.29 is 4.79 Å². The molecule has 0 bridgehead atoms. The van der Waals surface area contributed by atoms with Crippen molar-refractivity contribution in [1.82, 2.24) is 4.90 Å². The molecular weight excluding hydrogens is 248 g/mol. The first kappa shape index (κ1) is 13.2. The van der Waals surface area contributed by atoms with Gasteiger partial charge in [0, 0.05) is 38.4 Å². The number of likely N-dealkylation sites (tertiary alicyclic amines) is 1. The quantitative estimate of drug-likeness (QED) is 0.769. The third-order valence-corrected chi connectivity index (χ3v) is 3.64. The van der Waals surface area contributed by atoms with Gasteiger partial charge in [-0.15, -0.1) is 11.6 Å². The summed E-state index contributed by atoms with van der Waals surface area (Å²) in [5, 5.41) is 0.101. The van der Waals surface area contributed by atoms with Crippen LogP contribution in [0.25, 0.3) is 0 Å². The summed E-state index contributed by atoms with van der Waals surface area (Å²) in [6.45, 7) is 1.48. The minimum atomic E-state index is 0.0886. The summed E-state index contributed by atoms with van der Waals surface area (Å²) < 4.78 is 0. The minimum absolute atomic E-state index is 0.0886. The summed E-state index contributed by atoms with van der Waals surface area (Å²) in [5.41, 5.74) is 1.84. The number of rotatable bonds is 2. The van der Waals surface area contributed by atoms with Crippen LogP contribution >= 0.6 is 11.6 Å². The lowest BCUT2D eigenvalue weighted by molar-refractivity contribution is 0.0727. The number of nitrogens with zero attached hydrogens (tertiary/aromatic N) is 2. The molecule has 18 heavy (non-hydrogen) atoms. The molecule has 1 heterocycles. The molecule has 1 amide bonds. The van der Waals surface area contributed by atoms with Crippen molar-refractivity contribution in [2.24, 2.45) is 0 Å². The lowest BCUT2D eigenvalue weighted by Crippen LogP contribution is -2.40. The van der Waals surface area contributed by atoms with Gasteiger partial charge in [0.2, 0.25) is 0 Å². The number of piperidine rings is 1. The molecule has 0 spiro atoms. The summed E-state index contributed by atoms with van der Waals surface area (Å²) in [4.78, 5) is 16.2. The van der Waals surface area contributed by atoms with Crippen LogP contribution in [0.1, 0.15) is 23.2 Å². The minimum Gasteiger partial charge on any atom is -0.378 e.